The molecule has 2 aromatic carbocycles. The molecule has 0 bridgehead atoms. The zero-order valence-electron chi connectivity index (χ0n) is 22.9. The van der Waals surface area contributed by atoms with E-state index >= 15 is 0 Å². The van der Waals surface area contributed by atoms with Crippen LogP contribution in [-0.2, 0) is 6.42 Å². The fourth-order valence-corrected chi connectivity index (χ4v) is 7.28. The van der Waals surface area contributed by atoms with Crippen molar-refractivity contribution < 1.29 is 15.0 Å². The highest BCUT2D eigenvalue weighted by Crippen LogP contribution is 2.36. The lowest BCUT2D eigenvalue weighted by molar-refractivity contribution is -0.0316. The van der Waals surface area contributed by atoms with Crippen LogP contribution in [0.2, 0.25) is 0 Å². The lowest BCUT2D eigenvalue weighted by atomic mass is 9.84. The summed E-state index contributed by atoms with van der Waals surface area (Å²) in [5.74, 6) is 1.26. The van der Waals surface area contributed by atoms with E-state index in [1.165, 1.54) is 57.3 Å². The summed E-state index contributed by atoms with van der Waals surface area (Å²) in [6, 6.07) is 18.3. The van der Waals surface area contributed by atoms with Gasteiger partial charge in [0, 0.05) is 45.2 Å². The number of aryl methyl sites for hydroxylation is 1. The molecular formula is C33H46N2O3. The van der Waals surface area contributed by atoms with Crippen molar-refractivity contribution in [2.24, 2.45) is 11.8 Å². The number of benzene rings is 2. The van der Waals surface area contributed by atoms with Crippen LogP contribution in [0.3, 0.4) is 0 Å². The molecule has 2 aromatic rings. The molecule has 2 atom stereocenters. The van der Waals surface area contributed by atoms with Gasteiger partial charge in [-0.25, -0.2) is 4.79 Å². The number of rotatable bonds is 10. The van der Waals surface area contributed by atoms with Gasteiger partial charge in [0.15, 0.2) is 0 Å². The van der Waals surface area contributed by atoms with Crippen LogP contribution in [-0.4, -0.2) is 70.9 Å². The molecule has 1 aliphatic carbocycles. The molecule has 38 heavy (non-hydrogen) atoms. The Bertz CT molecular complexity index is 1010. The van der Waals surface area contributed by atoms with Gasteiger partial charge in [0.2, 0.25) is 0 Å². The molecule has 5 nitrogen and oxygen atoms in total. The van der Waals surface area contributed by atoms with Crippen LogP contribution < -0.4 is 0 Å². The normalized spacial score (nSPS) is 25.0. The monoisotopic (exact) mass is 518 g/mol. The molecule has 2 saturated heterocycles. The van der Waals surface area contributed by atoms with E-state index in [9.17, 15) is 9.90 Å². The van der Waals surface area contributed by atoms with Crippen LogP contribution in [0.25, 0.3) is 0 Å². The third kappa shape index (κ3) is 7.25. The van der Waals surface area contributed by atoms with Crippen molar-refractivity contribution >= 4 is 5.97 Å². The number of carbonyl (C=O) groups is 1. The van der Waals surface area contributed by atoms with Gasteiger partial charge < -0.3 is 20.0 Å². The lowest BCUT2D eigenvalue weighted by Crippen LogP contribution is -2.46. The Labute approximate surface area is 228 Å². The first kappa shape index (κ1) is 27.4. The summed E-state index contributed by atoms with van der Waals surface area (Å²) < 4.78 is 0. The molecular weight excluding hydrogens is 472 g/mol. The Hall–Kier alpha value is -2.21. The zero-order chi connectivity index (χ0) is 26.4. The summed E-state index contributed by atoms with van der Waals surface area (Å²) in [7, 11) is 0. The molecule has 0 amide bonds. The molecule has 0 aromatic heterocycles. The summed E-state index contributed by atoms with van der Waals surface area (Å²) in [6.07, 6.45) is 11.4. The predicted molar refractivity (Wildman–Crippen MR) is 153 cm³/mol. The third-order valence-electron chi connectivity index (χ3n) is 9.57. The van der Waals surface area contributed by atoms with Gasteiger partial charge in [-0.3, -0.25) is 0 Å². The average Bonchev–Trinajstić information content (AvgIpc) is 3.33. The van der Waals surface area contributed by atoms with Gasteiger partial charge >= 0.3 is 5.97 Å². The molecule has 2 N–H and O–H groups in total. The smallest absolute Gasteiger partial charge is 0.335 e. The summed E-state index contributed by atoms with van der Waals surface area (Å²) in [5, 5.41) is 20.4. The molecule has 3 aliphatic rings. The van der Waals surface area contributed by atoms with E-state index < -0.39 is 11.6 Å². The maximum absolute atomic E-state index is 11.3. The highest BCUT2D eigenvalue weighted by Gasteiger charge is 2.38. The minimum absolute atomic E-state index is 0.327. The molecule has 5 rings (SSSR count). The summed E-state index contributed by atoms with van der Waals surface area (Å²) in [5.41, 5.74) is 2.39. The summed E-state index contributed by atoms with van der Waals surface area (Å²) in [6.45, 7) is 6.76. The minimum atomic E-state index is -0.887. The van der Waals surface area contributed by atoms with Crippen molar-refractivity contribution in [1.29, 1.82) is 0 Å². The quantitative estimate of drug-likeness (QED) is 0.414. The Morgan fingerprint density at radius 1 is 0.868 bits per heavy atom. The predicted octanol–water partition coefficient (Wildman–Crippen LogP) is 5.83. The number of hydrogen-bond donors (Lipinski definition) is 2. The second-order valence-electron chi connectivity index (χ2n) is 12.4. The van der Waals surface area contributed by atoms with Crippen molar-refractivity contribution in [2.75, 3.05) is 39.3 Å². The first-order chi connectivity index (χ1) is 18.5. The Morgan fingerprint density at radius 3 is 2.26 bits per heavy atom. The molecule has 1 saturated carbocycles. The second-order valence-corrected chi connectivity index (χ2v) is 12.4. The van der Waals surface area contributed by atoms with Gasteiger partial charge in [0.05, 0.1) is 11.2 Å². The highest BCUT2D eigenvalue weighted by atomic mass is 16.4. The van der Waals surface area contributed by atoms with Gasteiger partial charge in [-0.15, -0.1) is 0 Å². The summed E-state index contributed by atoms with van der Waals surface area (Å²) in [4.78, 5) is 16.4. The number of piperidine rings is 1. The molecule has 3 fully saturated rings. The van der Waals surface area contributed by atoms with E-state index in [4.69, 9.17) is 5.11 Å². The standard InChI is InChI=1S/C33H46N2O3/c36-32(37)29-15-13-26(14-16-29)10-7-17-33(38)18-20-34(21-19-33)23-30-24-35(22-27-8-3-1-4-9-27)25-31(30)28-11-5-2-6-12-28/h2,5-6,11-16,27,30-31,38H,1,3-4,7-10,17-25H2,(H,36,37)/t30-,31+/m0/s1. The Kier molecular flexibility index (Phi) is 9.19. The van der Waals surface area contributed by atoms with E-state index in [1.807, 2.05) is 12.1 Å². The van der Waals surface area contributed by atoms with Crippen molar-refractivity contribution in [3.8, 4) is 0 Å². The van der Waals surface area contributed by atoms with E-state index in [0.29, 0.717) is 17.4 Å². The average molecular weight is 519 g/mol. The molecule has 2 aliphatic heterocycles. The van der Waals surface area contributed by atoms with Crippen molar-refractivity contribution in [3.05, 3.63) is 71.3 Å². The van der Waals surface area contributed by atoms with Gasteiger partial charge in [0.25, 0.3) is 0 Å². The van der Waals surface area contributed by atoms with E-state index in [1.54, 1.807) is 12.1 Å². The lowest BCUT2D eigenvalue weighted by Gasteiger charge is -2.40. The SMILES string of the molecule is O=C(O)c1ccc(CCCC2(O)CCN(C[C@H]3CN(CC4CCCCC4)C[C@@H]3c3ccccc3)CC2)cc1. The van der Waals surface area contributed by atoms with E-state index in [-0.39, 0.29) is 0 Å². The maximum atomic E-state index is 11.3. The number of nitrogens with zero attached hydrogens (tertiary/aromatic N) is 2. The molecule has 206 valence electrons. The van der Waals surface area contributed by atoms with Gasteiger partial charge in [-0.1, -0.05) is 61.7 Å². The fourth-order valence-electron chi connectivity index (χ4n) is 7.28. The molecule has 5 heteroatoms. The Morgan fingerprint density at radius 2 is 1.58 bits per heavy atom. The minimum Gasteiger partial charge on any atom is -0.478 e. The van der Waals surface area contributed by atoms with Crippen molar-refractivity contribution in [3.63, 3.8) is 0 Å². The van der Waals surface area contributed by atoms with Crippen molar-refractivity contribution in [2.45, 2.75) is 75.7 Å². The van der Waals surface area contributed by atoms with Crippen LogP contribution in [0.15, 0.2) is 54.6 Å². The number of aromatic carboxylic acids is 1. The number of aliphatic hydroxyl groups is 1. The fraction of sp³-hybridized carbons (Fsp3) is 0.606. The first-order valence-electron chi connectivity index (χ1n) is 15.0. The topological polar surface area (TPSA) is 64.0 Å². The van der Waals surface area contributed by atoms with Gasteiger partial charge in [-0.2, -0.15) is 0 Å². The molecule has 0 radical (unpaired) electrons. The maximum Gasteiger partial charge on any atom is 0.335 e. The van der Waals surface area contributed by atoms with Crippen molar-refractivity contribution in [1.82, 2.24) is 9.80 Å². The van der Waals surface area contributed by atoms with Gasteiger partial charge in [-0.05, 0) is 80.0 Å². The van der Waals surface area contributed by atoms with Crippen LogP contribution in [0.1, 0.15) is 85.2 Å². The Balaban J connectivity index is 1.11. The number of carboxylic acid groups (broad SMARTS) is 1. The first-order valence-corrected chi connectivity index (χ1v) is 15.0. The van der Waals surface area contributed by atoms with Crippen LogP contribution in [0, 0.1) is 11.8 Å². The molecule has 0 unspecified atom stereocenters. The third-order valence-corrected chi connectivity index (χ3v) is 9.57. The van der Waals surface area contributed by atoms with Crippen LogP contribution >= 0.6 is 0 Å². The molecule has 0 spiro atoms. The molecule has 2 heterocycles. The number of carboxylic acids is 1. The summed E-state index contributed by atoms with van der Waals surface area (Å²) >= 11 is 0. The van der Waals surface area contributed by atoms with Crippen LogP contribution in [0.5, 0.6) is 0 Å². The number of hydrogen-bond acceptors (Lipinski definition) is 4. The number of likely N-dealkylation sites (tertiary alicyclic amines) is 2. The largest absolute Gasteiger partial charge is 0.478 e. The van der Waals surface area contributed by atoms with Gasteiger partial charge in [0.1, 0.15) is 0 Å². The second kappa shape index (κ2) is 12.8. The highest BCUT2D eigenvalue weighted by molar-refractivity contribution is 5.87. The van der Waals surface area contributed by atoms with E-state index in [0.717, 1.165) is 63.2 Å². The van der Waals surface area contributed by atoms with E-state index in [2.05, 4.69) is 40.1 Å². The van der Waals surface area contributed by atoms with Crippen LogP contribution in [0.4, 0.5) is 0 Å². The zero-order valence-corrected chi connectivity index (χ0v) is 22.9.